The Labute approximate surface area is 236 Å². The van der Waals surface area contributed by atoms with Crippen LogP contribution >= 0.6 is 0 Å². The Kier molecular flexibility index (Phi) is 10.0. The molecule has 41 heavy (non-hydrogen) atoms. The van der Waals surface area contributed by atoms with E-state index in [1.54, 1.807) is 6.92 Å². The summed E-state index contributed by atoms with van der Waals surface area (Å²) < 4.78 is 88.4. The molecule has 0 aromatic heterocycles. The number of hydrogen-bond acceptors (Lipinski definition) is 5. The molecule has 1 aliphatic rings. The molecule has 3 aromatic rings. The van der Waals surface area contributed by atoms with Crippen LogP contribution in [0, 0.1) is 5.82 Å². The Morgan fingerprint density at radius 3 is 2.37 bits per heavy atom. The van der Waals surface area contributed by atoms with Crippen molar-refractivity contribution in [2.75, 3.05) is 16.2 Å². The monoisotopic (exact) mass is 596 g/mol. The zero-order valence-electron chi connectivity index (χ0n) is 23.0. The van der Waals surface area contributed by atoms with Gasteiger partial charge in [0.05, 0.1) is 34.4 Å². The fourth-order valence-corrected chi connectivity index (χ4v) is 5.82. The molecule has 0 aliphatic carbocycles. The molecule has 0 saturated heterocycles. The summed E-state index contributed by atoms with van der Waals surface area (Å²) >= 11 is 0. The Balaban J connectivity index is 0.00000226. The fourth-order valence-electron chi connectivity index (χ4n) is 4.34. The smallest absolute Gasteiger partial charge is 0.417 e. The highest BCUT2D eigenvalue weighted by Crippen LogP contribution is 2.40. The third kappa shape index (κ3) is 6.99. The summed E-state index contributed by atoms with van der Waals surface area (Å²) in [6.07, 6.45) is -6.01. The first-order valence-electron chi connectivity index (χ1n) is 13.1. The van der Waals surface area contributed by atoms with E-state index in [1.165, 1.54) is 37.3 Å². The van der Waals surface area contributed by atoms with Crippen molar-refractivity contribution in [1.29, 1.82) is 0 Å². The summed E-state index contributed by atoms with van der Waals surface area (Å²) in [7, 11) is -4.28. The van der Waals surface area contributed by atoms with Crippen molar-refractivity contribution in [2.45, 2.75) is 63.8 Å². The van der Waals surface area contributed by atoms with Crippen LogP contribution in [0.3, 0.4) is 0 Å². The van der Waals surface area contributed by atoms with Crippen LogP contribution in [0.15, 0.2) is 65.6 Å². The molecule has 12 heteroatoms. The number of amides is 1. The first kappa shape index (κ1) is 31.9. The van der Waals surface area contributed by atoms with E-state index in [0.29, 0.717) is 6.42 Å². The summed E-state index contributed by atoms with van der Waals surface area (Å²) in [5.41, 5.74) is -1.34. The predicted molar refractivity (Wildman–Crippen MR) is 148 cm³/mol. The van der Waals surface area contributed by atoms with Gasteiger partial charge >= 0.3 is 6.18 Å². The minimum Gasteiger partial charge on any atom is -0.484 e. The van der Waals surface area contributed by atoms with Gasteiger partial charge in [0, 0.05) is 5.69 Å². The molecule has 3 aromatic carbocycles. The van der Waals surface area contributed by atoms with Crippen LogP contribution in [-0.2, 0) is 22.6 Å². The second kappa shape index (κ2) is 12.9. The molecule has 2 unspecified atom stereocenters. The molecule has 1 amide bonds. The number of aliphatic hydroxyl groups excluding tert-OH is 1. The summed E-state index contributed by atoms with van der Waals surface area (Å²) in [4.78, 5) is 13.0. The first-order chi connectivity index (χ1) is 19.3. The number of nitrogens with zero attached hydrogens (tertiary/aromatic N) is 1. The zero-order valence-corrected chi connectivity index (χ0v) is 23.8. The highest BCUT2D eigenvalue weighted by molar-refractivity contribution is 7.92. The van der Waals surface area contributed by atoms with Crippen LogP contribution in [0.5, 0.6) is 5.75 Å². The third-order valence-corrected chi connectivity index (χ3v) is 8.05. The van der Waals surface area contributed by atoms with E-state index in [0.717, 1.165) is 34.6 Å². The van der Waals surface area contributed by atoms with Crippen molar-refractivity contribution in [2.24, 2.45) is 0 Å². The molecule has 0 saturated carbocycles. The summed E-state index contributed by atoms with van der Waals surface area (Å²) in [5, 5.41) is 12.6. The molecule has 1 heterocycles. The first-order valence-corrected chi connectivity index (χ1v) is 14.5. The lowest BCUT2D eigenvalue weighted by molar-refractivity contribution is -0.138. The van der Waals surface area contributed by atoms with Crippen LogP contribution in [0.4, 0.5) is 28.9 Å². The van der Waals surface area contributed by atoms with E-state index >= 15 is 0 Å². The maximum atomic E-state index is 13.7. The number of ether oxygens (including phenoxy) is 1. The van der Waals surface area contributed by atoms with Gasteiger partial charge in [0.1, 0.15) is 17.7 Å². The van der Waals surface area contributed by atoms with E-state index in [2.05, 4.69) is 5.32 Å². The Hall–Kier alpha value is -3.64. The molecular weight excluding hydrogens is 564 g/mol. The number of anilines is 2. The molecule has 0 radical (unpaired) electrons. The van der Waals surface area contributed by atoms with Gasteiger partial charge < -0.3 is 15.2 Å². The van der Waals surface area contributed by atoms with Crippen LogP contribution in [0.1, 0.15) is 55.6 Å². The number of aryl methyl sites for hydroxylation is 1. The van der Waals surface area contributed by atoms with Crippen molar-refractivity contribution in [3.8, 4) is 5.75 Å². The predicted octanol–water partition coefficient (Wildman–Crippen LogP) is 6.41. The van der Waals surface area contributed by atoms with Crippen molar-refractivity contribution in [1.82, 2.24) is 0 Å². The highest BCUT2D eigenvalue weighted by Gasteiger charge is 2.38. The third-order valence-electron chi connectivity index (χ3n) is 6.25. The number of alkyl halides is 3. The van der Waals surface area contributed by atoms with Crippen molar-refractivity contribution < 1.29 is 40.6 Å². The Bertz CT molecular complexity index is 1480. The summed E-state index contributed by atoms with van der Waals surface area (Å²) in [5.74, 6) is -1.57. The summed E-state index contributed by atoms with van der Waals surface area (Å²) in [6, 6.07) is 11.7. The molecule has 222 valence electrons. The minimum atomic E-state index is -4.77. The molecular formula is C29H32F4N2O5S. The fraction of sp³-hybridized carbons (Fsp3) is 0.345. The largest absolute Gasteiger partial charge is 0.484 e. The van der Waals surface area contributed by atoms with Gasteiger partial charge in [0.2, 0.25) is 0 Å². The number of carbonyl (C=O) groups is 1. The number of nitrogens with one attached hydrogen (secondary N) is 1. The van der Waals surface area contributed by atoms with Gasteiger partial charge in [-0.2, -0.15) is 13.2 Å². The lowest BCUT2D eigenvalue weighted by Crippen LogP contribution is -2.47. The van der Waals surface area contributed by atoms with E-state index in [9.17, 15) is 35.9 Å². The van der Waals surface area contributed by atoms with E-state index < -0.39 is 51.3 Å². The molecule has 4 rings (SSSR count). The number of aliphatic hydroxyl groups is 1. The lowest BCUT2D eigenvalue weighted by Gasteiger charge is -2.36. The van der Waals surface area contributed by atoms with Crippen molar-refractivity contribution in [3.63, 3.8) is 0 Å². The number of sulfonamides is 1. The van der Waals surface area contributed by atoms with E-state index in [-0.39, 0.29) is 40.5 Å². The van der Waals surface area contributed by atoms with Crippen molar-refractivity contribution in [3.05, 3.63) is 83.2 Å². The average molecular weight is 597 g/mol. The Morgan fingerprint density at radius 2 is 1.78 bits per heavy atom. The van der Waals surface area contributed by atoms with Gasteiger partial charge in [-0.25, -0.2) is 12.8 Å². The van der Waals surface area contributed by atoms with Crippen LogP contribution in [0.2, 0.25) is 0 Å². The van der Waals surface area contributed by atoms with Gasteiger partial charge in [-0.1, -0.05) is 39.3 Å². The van der Waals surface area contributed by atoms with Gasteiger partial charge in [0.15, 0.2) is 0 Å². The topological polar surface area (TPSA) is 95.9 Å². The average Bonchev–Trinajstić information content (AvgIpc) is 2.93. The summed E-state index contributed by atoms with van der Waals surface area (Å²) in [6.45, 7) is 6.90. The number of hydrogen-bond donors (Lipinski definition) is 2. The second-order valence-corrected chi connectivity index (χ2v) is 11.0. The number of rotatable bonds is 7. The maximum Gasteiger partial charge on any atom is 0.417 e. The molecule has 2 atom stereocenters. The molecule has 1 aliphatic heterocycles. The number of halogens is 4. The van der Waals surface area contributed by atoms with Crippen LogP contribution in [0.25, 0.3) is 0 Å². The van der Waals surface area contributed by atoms with Crippen LogP contribution < -0.4 is 14.4 Å². The van der Waals surface area contributed by atoms with Gasteiger partial charge in [0.25, 0.3) is 15.9 Å². The van der Waals surface area contributed by atoms with Gasteiger partial charge in [-0.15, -0.1) is 0 Å². The second-order valence-electron chi connectivity index (χ2n) is 9.11. The molecule has 0 bridgehead atoms. The normalized spacial score (nSPS) is 15.6. The molecule has 0 spiro atoms. The van der Waals surface area contributed by atoms with Crippen molar-refractivity contribution >= 4 is 27.3 Å². The standard InChI is InChI=1S/C27H26F4N2O5S.C2H6/c1-3-5-17-6-4-7-21(27(29,30)31)25(17)26(35)32-19-10-13-23-22(14-19)33(15-24(38-23)16(2)34)39(36,37)20-11-8-18(28)9-12-20;1-2/h4,6-14,16,24,34H,3,5,15H2,1-2H3,(H,32,35);1-2H3. The highest BCUT2D eigenvalue weighted by atomic mass is 32.2. The maximum absolute atomic E-state index is 13.7. The number of fused-ring (bicyclic) bond motifs is 1. The Morgan fingerprint density at radius 1 is 1.12 bits per heavy atom. The number of benzene rings is 3. The molecule has 7 nitrogen and oxygen atoms in total. The lowest BCUT2D eigenvalue weighted by atomic mass is 9.96. The van der Waals surface area contributed by atoms with E-state index in [4.69, 9.17) is 4.74 Å². The quantitative estimate of drug-likeness (QED) is 0.307. The van der Waals surface area contributed by atoms with Crippen LogP contribution in [-0.4, -0.2) is 38.2 Å². The molecule has 0 fully saturated rings. The zero-order chi connectivity index (χ0) is 30.5. The van der Waals surface area contributed by atoms with Gasteiger partial charge in [-0.3, -0.25) is 9.10 Å². The van der Waals surface area contributed by atoms with Gasteiger partial charge in [-0.05, 0) is 67.4 Å². The molecule has 2 N–H and O–H groups in total. The van der Waals surface area contributed by atoms with E-state index in [1.807, 2.05) is 13.8 Å². The minimum absolute atomic E-state index is 0.00749. The SMILES string of the molecule is CC.CCCc1cccc(C(F)(F)F)c1C(=O)Nc1ccc2c(c1)N(S(=O)(=O)c1ccc(F)cc1)CC(C(C)O)O2. The number of carbonyl (C=O) groups excluding carboxylic acids is 1.